The van der Waals surface area contributed by atoms with E-state index in [0.29, 0.717) is 10.0 Å². The van der Waals surface area contributed by atoms with Crippen molar-refractivity contribution in [3.63, 3.8) is 0 Å². The maximum atomic E-state index is 6.03. The Labute approximate surface area is 146 Å². The zero-order valence-electron chi connectivity index (χ0n) is 13.0. The SMILES string of the molecule is CCc1ccc2cc(CNCCc3ccc(Cl)c(Cl)c3)oc2c1. The Morgan fingerprint density at radius 3 is 2.57 bits per heavy atom. The lowest BCUT2D eigenvalue weighted by Crippen LogP contribution is -2.16. The van der Waals surface area contributed by atoms with Crippen molar-refractivity contribution in [2.75, 3.05) is 6.54 Å². The fraction of sp³-hybridized carbons (Fsp3) is 0.263. The lowest BCUT2D eigenvalue weighted by Gasteiger charge is -2.04. The molecule has 2 nitrogen and oxygen atoms in total. The Kier molecular flexibility index (Phi) is 5.27. The molecular formula is C19H19Cl2NO. The van der Waals surface area contributed by atoms with E-state index in [1.165, 1.54) is 11.1 Å². The summed E-state index contributed by atoms with van der Waals surface area (Å²) < 4.78 is 5.90. The van der Waals surface area contributed by atoms with Crippen LogP contribution in [0.4, 0.5) is 0 Å². The van der Waals surface area contributed by atoms with E-state index in [2.05, 4.69) is 36.5 Å². The summed E-state index contributed by atoms with van der Waals surface area (Å²) in [4.78, 5) is 0. The van der Waals surface area contributed by atoms with Gasteiger partial charge < -0.3 is 9.73 Å². The lowest BCUT2D eigenvalue weighted by atomic mass is 10.1. The molecule has 0 spiro atoms. The normalized spacial score (nSPS) is 11.3. The van der Waals surface area contributed by atoms with Crippen molar-refractivity contribution in [1.82, 2.24) is 5.32 Å². The van der Waals surface area contributed by atoms with E-state index in [1.54, 1.807) is 0 Å². The maximum absolute atomic E-state index is 6.03. The van der Waals surface area contributed by atoms with Crippen LogP contribution in [-0.2, 0) is 19.4 Å². The molecule has 1 N–H and O–H groups in total. The van der Waals surface area contributed by atoms with Crippen LogP contribution in [-0.4, -0.2) is 6.54 Å². The minimum Gasteiger partial charge on any atom is -0.460 e. The summed E-state index contributed by atoms with van der Waals surface area (Å²) in [6.45, 7) is 3.72. The number of aryl methyl sites for hydroxylation is 1. The molecule has 3 aromatic rings. The van der Waals surface area contributed by atoms with Gasteiger partial charge in [0.2, 0.25) is 0 Å². The van der Waals surface area contributed by atoms with Crippen molar-refractivity contribution < 1.29 is 4.42 Å². The highest BCUT2D eigenvalue weighted by Crippen LogP contribution is 2.23. The Hall–Kier alpha value is -1.48. The van der Waals surface area contributed by atoms with E-state index < -0.39 is 0 Å². The molecule has 1 aromatic heterocycles. The molecule has 0 aliphatic heterocycles. The summed E-state index contributed by atoms with van der Waals surface area (Å²) in [7, 11) is 0. The summed E-state index contributed by atoms with van der Waals surface area (Å²) in [5.74, 6) is 0.961. The van der Waals surface area contributed by atoms with E-state index in [-0.39, 0.29) is 0 Å². The molecule has 1 heterocycles. The minimum atomic E-state index is 0.595. The number of fused-ring (bicyclic) bond motifs is 1. The zero-order valence-corrected chi connectivity index (χ0v) is 14.5. The first-order valence-corrected chi connectivity index (χ1v) is 8.57. The molecule has 0 atom stereocenters. The third-order valence-electron chi connectivity index (χ3n) is 3.92. The van der Waals surface area contributed by atoms with Crippen molar-refractivity contribution in [1.29, 1.82) is 0 Å². The summed E-state index contributed by atoms with van der Waals surface area (Å²) >= 11 is 11.9. The average Bonchev–Trinajstić information content (AvgIpc) is 2.96. The van der Waals surface area contributed by atoms with Gasteiger partial charge in [0.1, 0.15) is 11.3 Å². The first-order valence-electron chi connectivity index (χ1n) is 7.81. The largest absolute Gasteiger partial charge is 0.460 e. The van der Waals surface area contributed by atoms with Crippen molar-refractivity contribution in [2.45, 2.75) is 26.3 Å². The molecule has 4 heteroatoms. The Bertz CT molecular complexity index is 810. The summed E-state index contributed by atoms with van der Waals surface area (Å²) in [5, 5.41) is 5.76. The average molecular weight is 348 g/mol. The number of benzene rings is 2. The molecule has 23 heavy (non-hydrogen) atoms. The van der Waals surface area contributed by atoms with E-state index in [4.69, 9.17) is 27.6 Å². The van der Waals surface area contributed by atoms with Crippen molar-refractivity contribution in [3.8, 4) is 0 Å². The minimum absolute atomic E-state index is 0.595. The maximum Gasteiger partial charge on any atom is 0.134 e. The molecule has 0 unspecified atom stereocenters. The summed E-state index contributed by atoms with van der Waals surface area (Å²) in [5.41, 5.74) is 3.43. The van der Waals surface area contributed by atoms with Gasteiger partial charge in [-0.25, -0.2) is 0 Å². The Balaban J connectivity index is 1.55. The van der Waals surface area contributed by atoms with Crippen LogP contribution in [0, 0.1) is 0 Å². The molecule has 2 aromatic carbocycles. The smallest absolute Gasteiger partial charge is 0.134 e. The standard InChI is InChI=1S/C19H19Cl2NO/c1-2-13-3-5-15-11-16(23-19(15)10-13)12-22-8-7-14-4-6-17(20)18(21)9-14/h3-6,9-11,22H,2,7-8,12H2,1H3. The monoisotopic (exact) mass is 347 g/mol. The van der Waals surface area contributed by atoms with Crippen molar-refractivity contribution in [2.24, 2.45) is 0 Å². The van der Waals surface area contributed by atoms with Gasteiger partial charge in [-0.1, -0.05) is 48.3 Å². The third kappa shape index (κ3) is 4.08. The molecule has 0 saturated carbocycles. The molecule has 0 aliphatic rings. The highest BCUT2D eigenvalue weighted by Gasteiger charge is 2.04. The van der Waals surface area contributed by atoms with Crippen LogP contribution in [0.3, 0.4) is 0 Å². The fourth-order valence-corrected chi connectivity index (χ4v) is 2.90. The van der Waals surface area contributed by atoms with E-state index in [9.17, 15) is 0 Å². The van der Waals surface area contributed by atoms with Crippen molar-refractivity contribution in [3.05, 3.63) is 69.4 Å². The molecular weight excluding hydrogens is 329 g/mol. The second-order valence-corrected chi connectivity index (χ2v) is 6.43. The fourth-order valence-electron chi connectivity index (χ4n) is 2.58. The Morgan fingerprint density at radius 2 is 1.78 bits per heavy atom. The topological polar surface area (TPSA) is 25.2 Å². The van der Waals surface area contributed by atoms with Crippen LogP contribution in [0.2, 0.25) is 10.0 Å². The van der Waals surface area contributed by atoms with Gasteiger partial charge >= 0.3 is 0 Å². The van der Waals surface area contributed by atoms with Gasteiger partial charge in [-0.3, -0.25) is 0 Å². The van der Waals surface area contributed by atoms with E-state index >= 15 is 0 Å². The zero-order chi connectivity index (χ0) is 16.2. The number of rotatable bonds is 6. The Morgan fingerprint density at radius 1 is 0.957 bits per heavy atom. The third-order valence-corrected chi connectivity index (χ3v) is 4.66. The van der Waals surface area contributed by atoms with Gasteiger partial charge in [0, 0.05) is 5.39 Å². The second-order valence-electron chi connectivity index (χ2n) is 5.61. The molecule has 0 saturated heterocycles. The number of nitrogens with one attached hydrogen (secondary N) is 1. The van der Waals surface area contributed by atoms with Crippen LogP contribution in [0.5, 0.6) is 0 Å². The first kappa shape index (κ1) is 16.4. The second kappa shape index (κ2) is 7.39. The van der Waals surface area contributed by atoms with Crippen LogP contribution in [0.25, 0.3) is 11.0 Å². The van der Waals surface area contributed by atoms with Gasteiger partial charge in [0.15, 0.2) is 0 Å². The van der Waals surface area contributed by atoms with Gasteiger partial charge in [0.25, 0.3) is 0 Å². The predicted molar refractivity (Wildman–Crippen MR) is 97.5 cm³/mol. The van der Waals surface area contributed by atoms with E-state index in [1.807, 2.05) is 18.2 Å². The molecule has 0 aliphatic carbocycles. The number of halogens is 2. The van der Waals surface area contributed by atoms with Crippen LogP contribution >= 0.6 is 23.2 Å². The quantitative estimate of drug-likeness (QED) is 0.584. The van der Waals surface area contributed by atoms with Crippen molar-refractivity contribution >= 4 is 34.2 Å². The molecule has 0 radical (unpaired) electrons. The van der Waals surface area contributed by atoms with Crippen LogP contribution < -0.4 is 5.32 Å². The number of furan rings is 1. The lowest BCUT2D eigenvalue weighted by molar-refractivity contribution is 0.515. The molecule has 120 valence electrons. The first-order chi connectivity index (χ1) is 11.2. The van der Waals surface area contributed by atoms with Crippen LogP contribution in [0.1, 0.15) is 23.8 Å². The molecule has 0 bridgehead atoms. The molecule has 0 amide bonds. The molecule has 0 fully saturated rings. The van der Waals surface area contributed by atoms with Gasteiger partial charge in [0.05, 0.1) is 16.6 Å². The number of hydrogen-bond donors (Lipinski definition) is 1. The highest BCUT2D eigenvalue weighted by molar-refractivity contribution is 6.42. The molecule has 3 rings (SSSR count). The predicted octanol–water partition coefficient (Wildman–Crippen LogP) is 5.63. The highest BCUT2D eigenvalue weighted by atomic mass is 35.5. The number of hydrogen-bond acceptors (Lipinski definition) is 2. The van der Waals surface area contributed by atoms with Gasteiger partial charge in [-0.2, -0.15) is 0 Å². The van der Waals surface area contributed by atoms with E-state index in [0.717, 1.165) is 42.7 Å². The van der Waals surface area contributed by atoms with Gasteiger partial charge in [-0.05, 0) is 54.8 Å². The van der Waals surface area contributed by atoms with Gasteiger partial charge in [-0.15, -0.1) is 0 Å². The summed E-state index contributed by atoms with van der Waals surface area (Å²) in [6, 6.07) is 14.2. The summed E-state index contributed by atoms with van der Waals surface area (Å²) in [6.07, 6.45) is 1.92. The van der Waals surface area contributed by atoms with Crippen LogP contribution in [0.15, 0.2) is 46.9 Å².